The van der Waals surface area contributed by atoms with E-state index in [1.807, 2.05) is 4.72 Å². The fourth-order valence-corrected chi connectivity index (χ4v) is 2.37. The highest BCUT2D eigenvalue weighted by Crippen LogP contribution is 2.01. The number of hydrogen-bond acceptors (Lipinski definition) is 4. The van der Waals surface area contributed by atoms with Gasteiger partial charge in [-0.25, -0.2) is 13.1 Å². The molecule has 1 amide bonds. The zero-order chi connectivity index (χ0) is 12.8. The number of aliphatic carboxylic acids is 1. The van der Waals surface area contributed by atoms with Gasteiger partial charge in [0, 0.05) is 6.42 Å². The average Bonchev–Trinajstić information content (AvgIpc) is 2.11. The van der Waals surface area contributed by atoms with Crippen LogP contribution in [0.5, 0.6) is 0 Å². The number of carboxylic acids is 1. The van der Waals surface area contributed by atoms with Gasteiger partial charge in [-0.15, -0.1) is 0 Å². The molecule has 4 N–H and O–H groups in total. The number of amides is 1. The van der Waals surface area contributed by atoms with Crippen LogP contribution in [0.3, 0.4) is 0 Å². The smallest absolute Gasteiger partial charge is 0.321 e. The van der Waals surface area contributed by atoms with E-state index in [9.17, 15) is 18.0 Å². The summed E-state index contributed by atoms with van der Waals surface area (Å²) < 4.78 is 24.6. The highest BCUT2D eigenvalue weighted by molar-refractivity contribution is 7.89. The Morgan fingerprint density at radius 3 is 2.38 bits per heavy atom. The Kier molecular flexibility index (Phi) is 5.97. The van der Waals surface area contributed by atoms with Crippen molar-refractivity contribution in [3.63, 3.8) is 0 Å². The highest BCUT2D eigenvalue weighted by Gasteiger charge is 2.23. The Morgan fingerprint density at radius 1 is 1.44 bits per heavy atom. The molecule has 0 saturated carbocycles. The summed E-state index contributed by atoms with van der Waals surface area (Å²) in [5, 5.41) is 8.74. The number of carbonyl (C=O) groups excluding carboxylic acids is 1. The van der Waals surface area contributed by atoms with E-state index in [2.05, 4.69) is 0 Å². The maximum Gasteiger partial charge on any atom is 0.321 e. The van der Waals surface area contributed by atoms with Gasteiger partial charge in [-0.3, -0.25) is 9.59 Å². The maximum absolute atomic E-state index is 11.3. The van der Waals surface area contributed by atoms with Gasteiger partial charge in [0.05, 0.1) is 5.75 Å². The Labute approximate surface area is 94.1 Å². The summed E-state index contributed by atoms with van der Waals surface area (Å²) in [4.78, 5) is 21.2. The van der Waals surface area contributed by atoms with Gasteiger partial charge >= 0.3 is 5.97 Å². The minimum absolute atomic E-state index is 0.145. The Morgan fingerprint density at radius 2 is 2.00 bits per heavy atom. The molecular formula is C8H16N2O5S. The first-order valence-corrected chi connectivity index (χ1v) is 6.45. The molecule has 0 heterocycles. The molecule has 0 aliphatic rings. The minimum Gasteiger partial charge on any atom is -0.480 e. The summed E-state index contributed by atoms with van der Waals surface area (Å²) >= 11 is 0. The van der Waals surface area contributed by atoms with Crippen molar-refractivity contribution in [2.75, 3.05) is 5.75 Å². The molecule has 0 unspecified atom stereocenters. The van der Waals surface area contributed by atoms with Crippen LogP contribution in [-0.2, 0) is 19.6 Å². The molecule has 7 nitrogen and oxygen atoms in total. The Bertz CT molecular complexity index is 351. The van der Waals surface area contributed by atoms with Gasteiger partial charge in [0.1, 0.15) is 6.04 Å². The number of nitrogens with two attached hydrogens (primary N) is 1. The van der Waals surface area contributed by atoms with Crippen LogP contribution in [0, 0.1) is 0 Å². The molecule has 0 saturated heterocycles. The number of hydrogen-bond donors (Lipinski definition) is 3. The van der Waals surface area contributed by atoms with Gasteiger partial charge in [-0.2, -0.15) is 0 Å². The zero-order valence-corrected chi connectivity index (χ0v) is 9.79. The molecule has 0 aliphatic heterocycles. The monoisotopic (exact) mass is 252 g/mol. The summed E-state index contributed by atoms with van der Waals surface area (Å²) in [5.74, 6) is -2.13. The first-order chi connectivity index (χ1) is 7.28. The van der Waals surface area contributed by atoms with Crippen molar-refractivity contribution >= 4 is 21.9 Å². The number of rotatable bonds is 8. The molecule has 0 spiro atoms. The van der Waals surface area contributed by atoms with E-state index in [4.69, 9.17) is 10.8 Å². The van der Waals surface area contributed by atoms with Gasteiger partial charge in [0.15, 0.2) is 0 Å². The second kappa shape index (κ2) is 6.44. The second-order valence-electron chi connectivity index (χ2n) is 3.33. The van der Waals surface area contributed by atoms with Crippen LogP contribution < -0.4 is 10.5 Å². The molecule has 0 fully saturated rings. The maximum atomic E-state index is 11.3. The van der Waals surface area contributed by atoms with E-state index in [1.165, 1.54) is 0 Å². The molecular weight excluding hydrogens is 236 g/mol. The van der Waals surface area contributed by atoms with E-state index in [-0.39, 0.29) is 18.6 Å². The van der Waals surface area contributed by atoms with Crippen molar-refractivity contribution in [1.29, 1.82) is 0 Å². The molecule has 0 aromatic carbocycles. The number of sulfonamides is 1. The molecule has 0 radical (unpaired) electrons. The lowest BCUT2D eigenvalue weighted by molar-refractivity contribution is -0.139. The molecule has 0 bridgehead atoms. The van der Waals surface area contributed by atoms with Gasteiger partial charge < -0.3 is 10.8 Å². The van der Waals surface area contributed by atoms with Crippen molar-refractivity contribution < 1.29 is 23.1 Å². The van der Waals surface area contributed by atoms with Crippen molar-refractivity contribution in [2.45, 2.75) is 32.2 Å². The molecule has 8 heteroatoms. The number of primary amides is 1. The van der Waals surface area contributed by atoms with Crippen LogP contribution in [0.1, 0.15) is 26.2 Å². The fraction of sp³-hybridized carbons (Fsp3) is 0.750. The van der Waals surface area contributed by atoms with Crippen molar-refractivity contribution in [1.82, 2.24) is 4.72 Å². The standard InChI is InChI=1S/C8H16N2O5S/c1-2-5-16(14,15)10-6(8(12)13)3-4-7(9)11/h6,10H,2-5H2,1H3,(H2,9,11)(H,12,13)/t6-/m0/s1. The lowest BCUT2D eigenvalue weighted by Crippen LogP contribution is -2.42. The summed E-state index contributed by atoms with van der Waals surface area (Å²) in [5.41, 5.74) is 4.85. The van der Waals surface area contributed by atoms with E-state index in [1.54, 1.807) is 6.92 Å². The van der Waals surface area contributed by atoms with Crippen LogP contribution in [0.25, 0.3) is 0 Å². The third-order valence-corrected chi connectivity index (χ3v) is 3.36. The van der Waals surface area contributed by atoms with Gasteiger partial charge in [0.2, 0.25) is 15.9 Å². The average molecular weight is 252 g/mol. The van der Waals surface area contributed by atoms with E-state index < -0.39 is 27.9 Å². The third-order valence-electron chi connectivity index (χ3n) is 1.77. The predicted octanol–water partition coefficient (Wildman–Crippen LogP) is -0.965. The minimum atomic E-state index is -3.61. The molecule has 0 rings (SSSR count). The first kappa shape index (κ1) is 14.8. The molecule has 94 valence electrons. The molecule has 0 aromatic rings. The summed E-state index contributed by atoms with van der Waals surface area (Å²) in [7, 11) is -3.61. The normalized spacial score (nSPS) is 13.3. The summed E-state index contributed by atoms with van der Waals surface area (Å²) in [6.45, 7) is 1.67. The number of carbonyl (C=O) groups is 2. The molecule has 0 aromatic heterocycles. The number of nitrogens with one attached hydrogen (secondary N) is 1. The van der Waals surface area contributed by atoms with Gasteiger partial charge in [-0.1, -0.05) is 6.92 Å². The SMILES string of the molecule is CCCS(=O)(=O)N[C@@H](CCC(N)=O)C(=O)O. The van der Waals surface area contributed by atoms with E-state index in [0.29, 0.717) is 6.42 Å². The Balaban J connectivity index is 4.45. The van der Waals surface area contributed by atoms with Crippen LogP contribution in [-0.4, -0.2) is 37.2 Å². The predicted molar refractivity (Wildman–Crippen MR) is 57.1 cm³/mol. The third kappa shape index (κ3) is 6.36. The van der Waals surface area contributed by atoms with Crippen LogP contribution in [0.15, 0.2) is 0 Å². The molecule has 1 atom stereocenters. The van der Waals surface area contributed by atoms with Crippen molar-refractivity contribution in [3.05, 3.63) is 0 Å². The van der Waals surface area contributed by atoms with E-state index in [0.717, 1.165) is 0 Å². The van der Waals surface area contributed by atoms with Crippen LogP contribution >= 0.6 is 0 Å². The van der Waals surface area contributed by atoms with E-state index >= 15 is 0 Å². The van der Waals surface area contributed by atoms with Crippen molar-refractivity contribution in [2.24, 2.45) is 5.73 Å². The fourth-order valence-electron chi connectivity index (χ4n) is 1.06. The lowest BCUT2D eigenvalue weighted by atomic mass is 10.2. The van der Waals surface area contributed by atoms with Gasteiger partial charge in [0.25, 0.3) is 0 Å². The lowest BCUT2D eigenvalue weighted by Gasteiger charge is -2.13. The quantitative estimate of drug-likeness (QED) is 0.512. The van der Waals surface area contributed by atoms with Gasteiger partial charge in [-0.05, 0) is 12.8 Å². The zero-order valence-electron chi connectivity index (χ0n) is 8.97. The topological polar surface area (TPSA) is 127 Å². The summed E-state index contributed by atoms with van der Waals surface area (Å²) in [6.07, 6.45) is 0.0662. The van der Waals surface area contributed by atoms with Crippen LogP contribution in [0.2, 0.25) is 0 Å². The van der Waals surface area contributed by atoms with Crippen molar-refractivity contribution in [3.8, 4) is 0 Å². The first-order valence-electron chi connectivity index (χ1n) is 4.79. The van der Waals surface area contributed by atoms with Crippen LogP contribution in [0.4, 0.5) is 0 Å². The Hall–Kier alpha value is -1.15. The summed E-state index contributed by atoms with van der Waals surface area (Å²) in [6, 6.07) is -1.30. The highest BCUT2D eigenvalue weighted by atomic mass is 32.2. The largest absolute Gasteiger partial charge is 0.480 e. The molecule has 0 aliphatic carbocycles. The number of carboxylic acid groups (broad SMARTS) is 1. The second-order valence-corrected chi connectivity index (χ2v) is 5.21. The molecule has 16 heavy (non-hydrogen) atoms.